The number of hydrogen-bond donors (Lipinski definition) is 1. The molecule has 1 aliphatic heterocycles. The minimum Gasteiger partial charge on any atom is -0.325 e. The first-order valence-corrected chi connectivity index (χ1v) is 4.33. The lowest BCUT2D eigenvalue weighted by Crippen LogP contribution is -2.27. The van der Waals surface area contributed by atoms with Crippen LogP contribution in [0.5, 0.6) is 0 Å². The lowest BCUT2D eigenvalue weighted by atomic mass is 9.85. The number of aldehydes is 1. The zero-order chi connectivity index (χ0) is 10.3. The number of aromatic nitrogens is 1. The van der Waals surface area contributed by atoms with Gasteiger partial charge in [-0.25, -0.2) is 0 Å². The lowest BCUT2D eigenvalue weighted by Gasteiger charge is -2.15. The Bertz CT molecular complexity index is 424. The first-order chi connectivity index (χ1) is 6.57. The van der Waals surface area contributed by atoms with Crippen LogP contribution in [0.2, 0.25) is 0 Å². The molecule has 1 amide bonds. The Balaban J connectivity index is 2.72. The first-order valence-electron chi connectivity index (χ1n) is 4.33. The molecule has 0 aliphatic carbocycles. The molecule has 14 heavy (non-hydrogen) atoms. The van der Waals surface area contributed by atoms with Crippen LogP contribution in [-0.4, -0.2) is 17.2 Å². The van der Waals surface area contributed by atoms with Gasteiger partial charge in [-0.15, -0.1) is 0 Å². The third-order valence-electron chi connectivity index (χ3n) is 2.53. The predicted octanol–water partition coefficient (Wildman–Crippen LogP) is 1.12. The molecule has 0 saturated carbocycles. The van der Waals surface area contributed by atoms with E-state index in [4.69, 9.17) is 0 Å². The van der Waals surface area contributed by atoms with Gasteiger partial charge in [-0.05, 0) is 19.9 Å². The summed E-state index contributed by atoms with van der Waals surface area (Å²) in [7, 11) is 0. The molecule has 4 nitrogen and oxygen atoms in total. The number of nitrogens with one attached hydrogen (secondary N) is 1. The summed E-state index contributed by atoms with van der Waals surface area (Å²) in [6.07, 6.45) is 2.20. The second-order valence-corrected chi connectivity index (χ2v) is 3.82. The number of anilines is 1. The largest absolute Gasteiger partial charge is 0.325 e. The van der Waals surface area contributed by atoms with E-state index in [1.807, 2.05) is 0 Å². The Morgan fingerprint density at radius 1 is 1.50 bits per heavy atom. The van der Waals surface area contributed by atoms with Crippen molar-refractivity contribution >= 4 is 17.9 Å². The van der Waals surface area contributed by atoms with Gasteiger partial charge in [-0.2, -0.15) is 0 Å². The van der Waals surface area contributed by atoms with Crippen molar-refractivity contribution < 1.29 is 9.59 Å². The number of amides is 1. The van der Waals surface area contributed by atoms with Gasteiger partial charge in [0.1, 0.15) is 5.69 Å². The highest BCUT2D eigenvalue weighted by molar-refractivity contribution is 6.07. The molecule has 0 saturated heterocycles. The molecule has 1 aliphatic rings. The van der Waals surface area contributed by atoms with Crippen LogP contribution in [0.4, 0.5) is 5.69 Å². The van der Waals surface area contributed by atoms with Crippen molar-refractivity contribution in [2.24, 2.45) is 0 Å². The second kappa shape index (κ2) is 2.64. The Morgan fingerprint density at radius 3 is 2.86 bits per heavy atom. The Labute approximate surface area is 81.3 Å². The van der Waals surface area contributed by atoms with E-state index in [0.29, 0.717) is 23.2 Å². The summed E-state index contributed by atoms with van der Waals surface area (Å²) in [6, 6.07) is 1.70. The molecule has 0 unspecified atom stereocenters. The van der Waals surface area contributed by atoms with Crippen molar-refractivity contribution in [3.8, 4) is 0 Å². The van der Waals surface area contributed by atoms with Crippen LogP contribution in [0.15, 0.2) is 12.3 Å². The summed E-state index contributed by atoms with van der Waals surface area (Å²) in [5.41, 5.74) is 1.06. The molecule has 2 rings (SSSR count). The highest BCUT2D eigenvalue weighted by atomic mass is 16.2. The summed E-state index contributed by atoms with van der Waals surface area (Å²) in [6.45, 7) is 3.56. The maximum Gasteiger partial charge on any atom is 0.234 e. The van der Waals surface area contributed by atoms with Crippen LogP contribution >= 0.6 is 0 Å². The van der Waals surface area contributed by atoms with Crippen LogP contribution in [-0.2, 0) is 10.2 Å². The fourth-order valence-corrected chi connectivity index (χ4v) is 1.72. The van der Waals surface area contributed by atoms with Crippen molar-refractivity contribution in [1.82, 2.24) is 4.98 Å². The van der Waals surface area contributed by atoms with Gasteiger partial charge in [0.05, 0.1) is 5.41 Å². The molecule has 0 spiro atoms. The molecular formula is C10H10N2O2. The van der Waals surface area contributed by atoms with Crippen LogP contribution in [0.25, 0.3) is 0 Å². The smallest absolute Gasteiger partial charge is 0.234 e. The van der Waals surface area contributed by atoms with Gasteiger partial charge in [0.15, 0.2) is 6.29 Å². The molecule has 1 N–H and O–H groups in total. The Morgan fingerprint density at radius 2 is 2.21 bits per heavy atom. The molecule has 0 aromatic carbocycles. The minimum atomic E-state index is -0.667. The summed E-state index contributed by atoms with van der Waals surface area (Å²) in [5.74, 6) is -0.0939. The average molecular weight is 190 g/mol. The predicted molar refractivity (Wildman–Crippen MR) is 51.3 cm³/mol. The number of nitrogens with zero attached hydrogens (tertiary/aromatic N) is 1. The van der Waals surface area contributed by atoms with Crippen molar-refractivity contribution in [3.05, 3.63) is 23.5 Å². The van der Waals surface area contributed by atoms with Gasteiger partial charge >= 0.3 is 0 Å². The molecule has 72 valence electrons. The van der Waals surface area contributed by atoms with Crippen LogP contribution in [0, 0.1) is 0 Å². The summed E-state index contributed by atoms with van der Waals surface area (Å²) in [5, 5.41) is 2.72. The van der Waals surface area contributed by atoms with Gasteiger partial charge in [0.25, 0.3) is 0 Å². The summed E-state index contributed by atoms with van der Waals surface area (Å²) in [4.78, 5) is 26.3. The first kappa shape index (κ1) is 8.87. The Hall–Kier alpha value is -1.71. The van der Waals surface area contributed by atoms with Crippen molar-refractivity contribution in [1.29, 1.82) is 0 Å². The van der Waals surface area contributed by atoms with E-state index in [1.54, 1.807) is 19.9 Å². The van der Waals surface area contributed by atoms with E-state index >= 15 is 0 Å². The minimum absolute atomic E-state index is 0.0939. The van der Waals surface area contributed by atoms with Gasteiger partial charge in [-0.1, -0.05) is 0 Å². The molecular weight excluding hydrogens is 180 g/mol. The van der Waals surface area contributed by atoms with Crippen molar-refractivity contribution in [2.45, 2.75) is 19.3 Å². The molecule has 0 bridgehead atoms. The second-order valence-electron chi connectivity index (χ2n) is 3.82. The SMILES string of the molecule is CC1(C)C(=O)Nc2ccnc(C=O)c21. The molecule has 0 atom stereocenters. The maximum absolute atomic E-state index is 11.6. The van der Waals surface area contributed by atoms with Crippen LogP contribution < -0.4 is 5.32 Å². The highest BCUT2D eigenvalue weighted by Crippen LogP contribution is 2.37. The van der Waals surface area contributed by atoms with Crippen molar-refractivity contribution in [2.75, 3.05) is 5.32 Å². The standard InChI is InChI=1S/C10H10N2O2/c1-10(2)8-6(12-9(10)14)3-4-11-7(8)5-13/h3-5H,1-2H3,(H,12,14). The average Bonchev–Trinajstić information content (AvgIpc) is 2.38. The zero-order valence-electron chi connectivity index (χ0n) is 8.00. The molecule has 0 fully saturated rings. The zero-order valence-corrected chi connectivity index (χ0v) is 8.00. The van der Waals surface area contributed by atoms with Gasteiger partial charge < -0.3 is 5.32 Å². The summed E-state index contributed by atoms with van der Waals surface area (Å²) >= 11 is 0. The normalized spacial score (nSPS) is 17.4. The van der Waals surface area contributed by atoms with Crippen LogP contribution in [0.3, 0.4) is 0 Å². The monoisotopic (exact) mass is 190 g/mol. The van der Waals surface area contributed by atoms with Gasteiger partial charge in [0, 0.05) is 17.4 Å². The van der Waals surface area contributed by atoms with E-state index in [2.05, 4.69) is 10.3 Å². The van der Waals surface area contributed by atoms with E-state index < -0.39 is 5.41 Å². The van der Waals surface area contributed by atoms with Crippen LogP contribution in [0.1, 0.15) is 29.9 Å². The fraction of sp³-hybridized carbons (Fsp3) is 0.300. The third kappa shape index (κ3) is 0.968. The van der Waals surface area contributed by atoms with Gasteiger partial charge in [-0.3, -0.25) is 14.6 Å². The molecule has 0 radical (unpaired) electrons. The number of pyridine rings is 1. The fourth-order valence-electron chi connectivity index (χ4n) is 1.72. The Kier molecular flexibility index (Phi) is 1.67. The highest BCUT2D eigenvalue weighted by Gasteiger charge is 2.40. The van der Waals surface area contributed by atoms with Crippen molar-refractivity contribution in [3.63, 3.8) is 0 Å². The lowest BCUT2D eigenvalue weighted by molar-refractivity contribution is -0.119. The third-order valence-corrected chi connectivity index (χ3v) is 2.53. The molecule has 1 aromatic rings. The number of fused-ring (bicyclic) bond motifs is 1. The number of rotatable bonds is 1. The van der Waals surface area contributed by atoms with E-state index in [9.17, 15) is 9.59 Å². The van der Waals surface area contributed by atoms with E-state index in [1.165, 1.54) is 6.20 Å². The molecule has 2 heterocycles. The summed E-state index contributed by atoms with van der Waals surface area (Å²) < 4.78 is 0. The van der Waals surface area contributed by atoms with E-state index in [0.717, 1.165) is 0 Å². The number of hydrogen-bond acceptors (Lipinski definition) is 3. The van der Waals surface area contributed by atoms with E-state index in [-0.39, 0.29) is 5.91 Å². The van der Waals surface area contributed by atoms with Gasteiger partial charge in [0.2, 0.25) is 5.91 Å². The number of carbonyl (C=O) groups is 2. The topological polar surface area (TPSA) is 59.1 Å². The number of carbonyl (C=O) groups excluding carboxylic acids is 2. The quantitative estimate of drug-likeness (QED) is 0.675. The maximum atomic E-state index is 11.6. The molecule has 1 aromatic heterocycles. The molecule has 4 heteroatoms.